The van der Waals surface area contributed by atoms with Crippen LogP contribution in [-0.2, 0) is 42.9 Å². The molecule has 0 radical (unpaired) electrons. The van der Waals surface area contributed by atoms with Crippen LogP contribution in [0.2, 0.25) is 0 Å². The second-order valence-electron chi connectivity index (χ2n) is 9.22. The Bertz CT molecular complexity index is 1430. The first-order valence-electron chi connectivity index (χ1n) is 12.4. The van der Waals surface area contributed by atoms with Gasteiger partial charge in [-0.2, -0.15) is 0 Å². The van der Waals surface area contributed by atoms with E-state index in [0.29, 0.717) is 0 Å². The molecule has 2 aromatic rings. The molecule has 13 heteroatoms. The molecule has 13 nitrogen and oxygen atoms in total. The monoisotopic (exact) mass is 570 g/mol. The van der Waals surface area contributed by atoms with Crippen molar-refractivity contribution in [2.75, 3.05) is 6.61 Å². The predicted octanol–water partition coefficient (Wildman–Crippen LogP) is 1.63. The van der Waals surface area contributed by atoms with E-state index in [-0.39, 0.29) is 28.0 Å². The van der Waals surface area contributed by atoms with Crippen LogP contribution in [-0.4, -0.2) is 77.9 Å². The zero-order valence-corrected chi connectivity index (χ0v) is 22.4. The van der Waals surface area contributed by atoms with Crippen molar-refractivity contribution in [2.45, 2.75) is 58.4 Å². The number of phenolic OH excluding ortho intramolecular Hbond substituents is 1. The molecule has 1 saturated heterocycles. The van der Waals surface area contributed by atoms with Gasteiger partial charge in [0, 0.05) is 44.4 Å². The average molecular weight is 571 g/mol. The molecular formula is C28H26O13. The number of ketones is 2. The smallest absolute Gasteiger partial charge is 0.305 e. The normalized spacial score (nSPS) is 23.0. The Morgan fingerprint density at radius 1 is 0.707 bits per heavy atom. The molecular weight excluding hydrogens is 544 g/mol. The summed E-state index contributed by atoms with van der Waals surface area (Å²) in [5.41, 5.74) is 0.0540. The number of hydrogen-bond donors (Lipinski definition) is 1. The third kappa shape index (κ3) is 6.04. The molecule has 1 fully saturated rings. The van der Waals surface area contributed by atoms with Crippen LogP contribution in [0.3, 0.4) is 0 Å². The third-order valence-electron chi connectivity index (χ3n) is 6.21. The number of esters is 4. The molecule has 1 aliphatic carbocycles. The zero-order chi connectivity index (χ0) is 30.0. The molecule has 0 spiro atoms. The Hall–Kier alpha value is -4.78. The van der Waals surface area contributed by atoms with Gasteiger partial charge in [-0.3, -0.25) is 28.8 Å². The van der Waals surface area contributed by atoms with Crippen LogP contribution >= 0.6 is 0 Å². The second-order valence-corrected chi connectivity index (χ2v) is 9.22. The minimum Gasteiger partial charge on any atom is -0.504 e. The summed E-state index contributed by atoms with van der Waals surface area (Å²) in [6.45, 7) is 3.77. The lowest BCUT2D eigenvalue weighted by Gasteiger charge is -2.43. The summed E-state index contributed by atoms with van der Waals surface area (Å²) in [5, 5.41) is 11.0. The van der Waals surface area contributed by atoms with Gasteiger partial charge in [0.2, 0.25) is 12.4 Å². The minimum absolute atomic E-state index is 0.0145. The van der Waals surface area contributed by atoms with Gasteiger partial charge in [-0.25, -0.2) is 0 Å². The Morgan fingerprint density at radius 2 is 1.24 bits per heavy atom. The molecule has 0 saturated carbocycles. The summed E-state index contributed by atoms with van der Waals surface area (Å²) in [5.74, 6) is -5.16. The van der Waals surface area contributed by atoms with Gasteiger partial charge in [0.1, 0.15) is 12.7 Å². The lowest BCUT2D eigenvalue weighted by atomic mass is 9.83. The van der Waals surface area contributed by atoms with Crippen molar-refractivity contribution in [3.05, 3.63) is 58.7 Å². The van der Waals surface area contributed by atoms with Gasteiger partial charge in [0.25, 0.3) is 0 Å². The van der Waals surface area contributed by atoms with E-state index in [1.165, 1.54) is 24.3 Å². The molecule has 3 unspecified atom stereocenters. The summed E-state index contributed by atoms with van der Waals surface area (Å²) in [7, 11) is 0. The molecule has 0 aromatic heterocycles. The first-order valence-corrected chi connectivity index (χ1v) is 12.4. The molecule has 1 aliphatic heterocycles. The van der Waals surface area contributed by atoms with E-state index in [9.17, 15) is 33.9 Å². The Labute approximate surface area is 233 Å². The molecule has 41 heavy (non-hydrogen) atoms. The fraction of sp³-hybridized carbons (Fsp3) is 0.357. The van der Waals surface area contributed by atoms with Crippen LogP contribution in [0.4, 0.5) is 0 Å². The van der Waals surface area contributed by atoms with Crippen molar-refractivity contribution in [1.82, 2.24) is 0 Å². The maximum atomic E-state index is 13.1. The molecule has 216 valence electrons. The van der Waals surface area contributed by atoms with Gasteiger partial charge in [-0.1, -0.05) is 24.3 Å². The van der Waals surface area contributed by atoms with Crippen molar-refractivity contribution >= 4 is 35.4 Å². The molecule has 2 aliphatic rings. The van der Waals surface area contributed by atoms with E-state index in [1.807, 2.05) is 0 Å². The molecule has 5 atom stereocenters. The van der Waals surface area contributed by atoms with Crippen LogP contribution in [0.15, 0.2) is 36.4 Å². The summed E-state index contributed by atoms with van der Waals surface area (Å²) in [6.07, 6.45) is -7.34. The van der Waals surface area contributed by atoms with E-state index in [2.05, 4.69) is 0 Å². The molecule has 4 rings (SSSR count). The van der Waals surface area contributed by atoms with E-state index in [4.69, 9.17) is 28.4 Å². The van der Waals surface area contributed by atoms with Gasteiger partial charge in [0.05, 0.1) is 5.56 Å². The van der Waals surface area contributed by atoms with Crippen molar-refractivity contribution in [2.24, 2.45) is 0 Å². The highest BCUT2D eigenvalue weighted by Crippen LogP contribution is 2.39. The average Bonchev–Trinajstić information content (AvgIpc) is 2.89. The number of rotatable bonds is 7. The van der Waals surface area contributed by atoms with E-state index in [0.717, 1.165) is 27.7 Å². The Kier molecular flexibility index (Phi) is 8.38. The predicted molar refractivity (Wildman–Crippen MR) is 134 cm³/mol. The van der Waals surface area contributed by atoms with Crippen LogP contribution in [0, 0.1) is 0 Å². The number of carbonyl (C=O) groups excluding carboxylic acids is 6. The van der Waals surface area contributed by atoms with Crippen LogP contribution in [0.1, 0.15) is 59.5 Å². The van der Waals surface area contributed by atoms with Crippen molar-refractivity contribution in [3.63, 3.8) is 0 Å². The van der Waals surface area contributed by atoms with E-state index >= 15 is 0 Å². The fourth-order valence-corrected chi connectivity index (χ4v) is 4.69. The Morgan fingerprint density at radius 3 is 1.83 bits per heavy atom. The number of phenols is 1. The highest BCUT2D eigenvalue weighted by Gasteiger charge is 2.53. The fourth-order valence-electron chi connectivity index (χ4n) is 4.69. The number of carbonyl (C=O) groups is 6. The van der Waals surface area contributed by atoms with E-state index < -0.39 is 78.5 Å². The third-order valence-corrected chi connectivity index (χ3v) is 6.21. The van der Waals surface area contributed by atoms with E-state index in [1.54, 1.807) is 12.1 Å². The molecule has 1 heterocycles. The van der Waals surface area contributed by atoms with Crippen LogP contribution in [0.25, 0.3) is 0 Å². The zero-order valence-electron chi connectivity index (χ0n) is 22.4. The lowest BCUT2D eigenvalue weighted by Crippen LogP contribution is -2.63. The summed E-state index contributed by atoms with van der Waals surface area (Å²) in [6, 6.07) is 8.78. The largest absolute Gasteiger partial charge is 0.504 e. The minimum atomic E-state index is -1.60. The number of ether oxygens (including phenoxy) is 6. The van der Waals surface area contributed by atoms with Gasteiger partial charge in [-0.15, -0.1) is 0 Å². The second kappa shape index (κ2) is 11.8. The quantitative estimate of drug-likeness (QED) is 0.320. The summed E-state index contributed by atoms with van der Waals surface area (Å²) in [4.78, 5) is 73.6. The standard InChI is InChI=1S/C28H26O13/c1-12(29)37-25-20(41-28(40-15(4)32)27(39-14(3)31)26(25)38-13(2)30)11-36-19-10-9-18-21(24(19)35)23(34)17-8-6-5-7-16(17)22(18)33/h5-10,20,25-28,35H,11H2,1-4H3/t20?,25-,26?,27?,28-/m1/s1. The number of fused-ring (bicyclic) bond motifs is 2. The molecule has 0 amide bonds. The van der Waals surface area contributed by atoms with Crippen molar-refractivity contribution in [3.8, 4) is 11.5 Å². The molecule has 1 N–H and O–H groups in total. The highest BCUT2D eigenvalue weighted by molar-refractivity contribution is 6.29. The number of benzene rings is 2. The SMILES string of the molecule is CC(=O)OC1C(OC(C)=O)[C@H](OC(C)=O)C(COc2ccc3c(c2O)C(=O)c2ccccc2C3=O)O[C@H]1OC(C)=O. The van der Waals surface area contributed by atoms with Crippen LogP contribution < -0.4 is 4.74 Å². The molecule has 2 aromatic carbocycles. The maximum Gasteiger partial charge on any atom is 0.305 e. The topological polar surface area (TPSA) is 178 Å². The van der Waals surface area contributed by atoms with Gasteiger partial charge in [0.15, 0.2) is 35.3 Å². The summed E-state index contributed by atoms with van der Waals surface area (Å²) < 4.78 is 32.5. The summed E-state index contributed by atoms with van der Waals surface area (Å²) >= 11 is 0. The lowest BCUT2D eigenvalue weighted by molar-refractivity contribution is -0.298. The number of aromatic hydroxyl groups is 1. The highest BCUT2D eigenvalue weighted by atomic mass is 16.7. The first-order chi connectivity index (χ1) is 19.4. The Balaban J connectivity index is 1.67. The van der Waals surface area contributed by atoms with Gasteiger partial charge >= 0.3 is 23.9 Å². The molecule has 0 bridgehead atoms. The van der Waals surface area contributed by atoms with Gasteiger partial charge < -0.3 is 33.5 Å². The maximum absolute atomic E-state index is 13.1. The van der Waals surface area contributed by atoms with Crippen molar-refractivity contribution in [1.29, 1.82) is 0 Å². The first kappa shape index (κ1) is 29.2. The van der Waals surface area contributed by atoms with Crippen molar-refractivity contribution < 1.29 is 62.3 Å². The number of hydrogen-bond acceptors (Lipinski definition) is 13. The van der Waals surface area contributed by atoms with Crippen LogP contribution in [0.5, 0.6) is 11.5 Å². The van der Waals surface area contributed by atoms with Gasteiger partial charge in [-0.05, 0) is 12.1 Å².